The van der Waals surface area contributed by atoms with Gasteiger partial charge in [-0.25, -0.2) is 4.98 Å². The van der Waals surface area contributed by atoms with E-state index in [2.05, 4.69) is 4.98 Å². The first kappa shape index (κ1) is 17.3. The number of benzene rings is 1. The molecule has 0 aliphatic carbocycles. The number of pyridine rings is 1. The summed E-state index contributed by atoms with van der Waals surface area (Å²) in [5.74, 6) is 0.625. The highest BCUT2D eigenvalue weighted by Gasteiger charge is 2.20. The highest BCUT2D eigenvalue weighted by atomic mass is 35.5. The van der Waals surface area contributed by atoms with E-state index in [1.807, 2.05) is 68.1 Å². The first-order valence-corrected chi connectivity index (χ1v) is 7.96. The molecule has 122 valence electrons. The Balaban J connectivity index is 2.31. The van der Waals surface area contributed by atoms with Gasteiger partial charge in [-0.05, 0) is 31.5 Å². The number of hydrogen-bond donors (Lipinski definition) is 0. The van der Waals surface area contributed by atoms with Gasteiger partial charge in [-0.1, -0.05) is 41.9 Å². The lowest BCUT2D eigenvalue weighted by Crippen LogP contribution is -2.36. The zero-order valence-corrected chi connectivity index (χ0v) is 14.7. The molecule has 0 radical (unpaired) electrons. The minimum atomic E-state index is -0.0451. The number of anilines is 1. The third kappa shape index (κ3) is 4.45. The van der Waals surface area contributed by atoms with Crippen LogP contribution in [0.3, 0.4) is 0 Å². The van der Waals surface area contributed by atoms with Crippen molar-refractivity contribution < 1.29 is 4.79 Å². The molecule has 1 aromatic carbocycles. The molecule has 0 saturated heterocycles. The van der Waals surface area contributed by atoms with Crippen LogP contribution in [0.5, 0.6) is 0 Å². The first-order valence-electron chi connectivity index (χ1n) is 7.58. The zero-order chi connectivity index (χ0) is 17.0. The van der Waals surface area contributed by atoms with Crippen molar-refractivity contribution in [2.45, 2.75) is 26.4 Å². The Morgan fingerprint density at radius 3 is 2.39 bits per heavy atom. The van der Waals surface area contributed by atoms with Crippen LogP contribution in [-0.2, 0) is 6.54 Å². The van der Waals surface area contributed by atoms with Crippen molar-refractivity contribution in [1.82, 2.24) is 9.88 Å². The highest BCUT2D eigenvalue weighted by molar-refractivity contribution is 6.29. The first-order chi connectivity index (χ1) is 10.9. The Labute approximate surface area is 142 Å². The Hall–Kier alpha value is -2.07. The van der Waals surface area contributed by atoms with Crippen molar-refractivity contribution >= 4 is 23.3 Å². The molecule has 0 spiro atoms. The monoisotopic (exact) mass is 331 g/mol. The number of amides is 1. The van der Waals surface area contributed by atoms with Crippen molar-refractivity contribution in [2.75, 3.05) is 19.0 Å². The summed E-state index contributed by atoms with van der Waals surface area (Å²) < 4.78 is 0. The molecule has 1 aromatic heterocycles. The van der Waals surface area contributed by atoms with Gasteiger partial charge in [-0.2, -0.15) is 0 Å². The molecular formula is C18H22ClN3O. The van der Waals surface area contributed by atoms with Crippen LogP contribution < -0.4 is 4.90 Å². The van der Waals surface area contributed by atoms with E-state index < -0.39 is 0 Å². The molecule has 0 N–H and O–H groups in total. The van der Waals surface area contributed by atoms with E-state index in [0.29, 0.717) is 23.1 Å². The summed E-state index contributed by atoms with van der Waals surface area (Å²) in [7, 11) is 3.74. The van der Waals surface area contributed by atoms with Crippen LogP contribution in [0, 0.1) is 0 Å². The van der Waals surface area contributed by atoms with E-state index in [1.54, 1.807) is 12.1 Å². The van der Waals surface area contributed by atoms with E-state index in [0.717, 1.165) is 5.56 Å². The molecular weight excluding hydrogens is 310 g/mol. The van der Waals surface area contributed by atoms with Gasteiger partial charge in [0.05, 0.1) is 0 Å². The van der Waals surface area contributed by atoms with E-state index in [1.165, 1.54) is 0 Å². The summed E-state index contributed by atoms with van der Waals surface area (Å²) in [4.78, 5) is 20.8. The number of carbonyl (C=O) groups is 1. The molecule has 0 aliphatic heterocycles. The minimum Gasteiger partial charge on any atom is -0.363 e. The Morgan fingerprint density at radius 1 is 1.17 bits per heavy atom. The van der Waals surface area contributed by atoms with Crippen LogP contribution in [0.15, 0.2) is 42.5 Å². The van der Waals surface area contributed by atoms with Crippen molar-refractivity contribution in [2.24, 2.45) is 0 Å². The molecule has 2 aromatic rings. The zero-order valence-electron chi connectivity index (χ0n) is 14.0. The second-order valence-electron chi connectivity index (χ2n) is 5.94. The third-order valence-electron chi connectivity index (χ3n) is 3.57. The van der Waals surface area contributed by atoms with Crippen LogP contribution >= 0.6 is 11.6 Å². The summed E-state index contributed by atoms with van der Waals surface area (Å²) in [6, 6.07) is 13.4. The number of rotatable bonds is 5. The van der Waals surface area contributed by atoms with Crippen molar-refractivity contribution in [3.05, 3.63) is 58.7 Å². The summed E-state index contributed by atoms with van der Waals surface area (Å²) in [5, 5.41) is 0.322. The topological polar surface area (TPSA) is 36.4 Å². The summed E-state index contributed by atoms with van der Waals surface area (Å²) in [5.41, 5.74) is 1.65. The molecule has 0 atom stereocenters. The average molecular weight is 332 g/mol. The number of carbonyl (C=O) groups excluding carboxylic acids is 1. The van der Waals surface area contributed by atoms with Gasteiger partial charge in [0.1, 0.15) is 11.0 Å². The fourth-order valence-electron chi connectivity index (χ4n) is 2.27. The highest BCUT2D eigenvalue weighted by Crippen LogP contribution is 2.20. The SMILES string of the molecule is CC(C)N(Cc1ccccc1)C(=O)c1cc(Cl)nc(N(C)C)c1. The molecule has 5 heteroatoms. The van der Waals surface area contributed by atoms with Crippen LogP contribution in [0.1, 0.15) is 29.8 Å². The molecule has 0 fully saturated rings. The number of halogens is 1. The van der Waals surface area contributed by atoms with Gasteiger partial charge in [0, 0.05) is 32.2 Å². The average Bonchev–Trinajstić information content (AvgIpc) is 2.52. The van der Waals surface area contributed by atoms with Gasteiger partial charge < -0.3 is 9.80 Å². The van der Waals surface area contributed by atoms with Crippen molar-refractivity contribution in [3.8, 4) is 0 Å². The van der Waals surface area contributed by atoms with E-state index >= 15 is 0 Å². The minimum absolute atomic E-state index is 0.0451. The van der Waals surface area contributed by atoms with E-state index in [-0.39, 0.29) is 11.9 Å². The van der Waals surface area contributed by atoms with Crippen LogP contribution in [0.25, 0.3) is 0 Å². The number of hydrogen-bond acceptors (Lipinski definition) is 3. The molecule has 1 amide bonds. The van der Waals surface area contributed by atoms with Gasteiger partial charge in [-0.15, -0.1) is 0 Å². The summed E-state index contributed by atoms with van der Waals surface area (Å²) in [6.45, 7) is 4.58. The van der Waals surface area contributed by atoms with Crippen molar-refractivity contribution in [1.29, 1.82) is 0 Å². The fourth-order valence-corrected chi connectivity index (χ4v) is 2.47. The Morgan fingerprint density at radius 2 is 1.83 bits per heavy atom. The standard InChI is InChI=1S/C18H22ClN3O/c1-13(2)22(12-14-8-6-5-7-9-14)18(23)15-10-16(19)20-17(11-15)21(3)4/h5-11,13H,12H2,1-4H3. The van der Waals surface area contributed by atoms with E-state index in [9.17, 15) is 4.79 Å². The molecule has 0 bridgehead atoms. The molecule has 1 heterocycles. The largest absolute Gasteiger partial charge is 0.363 e. The number of nitrogens with zero attached hydrogens (tertiary/aromatic N) is 3. The normalized spacial score (nSPS) is 10.7. The van der Waals surface area contributed by atoms with Gasteiger partial charge >= 0.3 is 0 Å². The lowest BCUT2D eigenvalue weighted by Gasteiger charge is -2.27. The van der Waals surface area contributed by atoms with Gasteiger partial charge in [0.15, 0.2) is 0 Å². The lowest BCUT2D eigenvalue weighted by atomic mass is 10.1. The maximum Gasteiger partial charge on any atom is 0.254 e. The molecule has 4 nitrogen and oxygen atoms in total. The Bertz CT molecular complexity index is 671. The predicted octanol–water partition coefficient (Wildman–Crippen LogP) is 3.85. The van der Waals surface area contributed by atoms with Gasteiger partial charge in [0.2, 0.25) is 0 Å². The quantitative estimate of drug-likeness (QED) is 0.781. The lowest BCUT2D eigenvalue weighted by molar-refractivity contribution is 0.0690. The second kappa shape index (κ2) is 7.47. The predicted molar refractivity (Wildman–Crippen MR) is 95.0 cm³/mol. The second-order valence-corrected chi connectivity index (χ2v) is 6.33. The van der Waals surface area contributed by atoms with Crippen LogP contribution in [-0.4, -0.2) is 35.9 Å². The van der Waals surface area contributed by atoms with E-state index in [4.69, 9.17) is 11.6 Å². The molecule has 2 rings (SSSR count). The molecule has 0 unspecified atom stereocenters. The van der Waals surface area contributed by atoms with Gasteiger partial charge in [-0.3, -0.25) is 4.79 Å². The van der Waals surface area contributed by atoms with Crippen LogP contribution in [0.4, 0.5) is 5.82 Å². The number of aromatic nitrogens is 1. The van der Waals surface area contributed by atoms with Crippen molar-refractivity contribution in [3.63, 3.8) is 0 Å². The Kier molecular flexibility index (Phi) is 5.61. The summed E-state index contributed by atoms with van der Waals surface area (Å²) >= 11 is 6.07. The maximum atomic E-state index is 12.9. The molecule has 23 heavy (non-hydrogen) atoms. The smallest absolute Gasteiger partial charge is 0.254 e. The van der Waals surface area contributed by atoms with Crippen LogP contribution in [0.2, 0.25) is 5.15 Å². The molecule has 0 aliphatic rings. The molecule has 0 saturated carbocycles. The summed E-state index contributed by atoms with van der Waals surface area (Å²) in [6.07, 6.45) is 0. The third-order valence-corrected chi connectivity index (χ3v) is 3.76. The van der Waals surface area contributed by atoms with Gasteiger partial charge in [0.25, 0.3) is 5.91 Å². The fraction of sp³-hybridized carbons (Fsp3) is 0.333. The maximum absolute atomic E-state index is 12.9.